The number of aryl methyl sites for hydroxylation is 1. The van der Waals surface area contributed by atoms with E-state index in [1.54, 1.807) is 0 Å². The van der Waals surface area contributed by atoms with E-state index < -0.39 is 17.6 Å². The quantitative estimate of drug-likeness (QED) is 0.698. The minimum absolute atomic E-state index is 0.0251. The number of benzene rings is 1. The van der Waals surface area contributed by atoms with E-state index in [2.05, 4.69) is 16.9 Å². The summed E-state index contributed by atoms with van der Waals surface area (Å²) in [5.41, 5.74) is 2.93. The number of alkyl halides is 3. The number of aromatic nitrogens is 2. The average Bonchev–Trinajstić information content (AvgIpc) is 3.28. The van der Waals surface area contributed by atoms with Crippen molar-refractivity contribution in [1.29, 1.82) is 0 Å². The van der Waals surface area contributed by atoms with Crippen LogP contribution in [0, 0.1) is 12.8 Å². The molecule has 2 aliphatic carbocycles. The summed E-state index contributed by atoms with van der Waals surface area (Å²) in [6.45, 7) is 2.97. The molecular weight excluding hydrogens is 415 g/mol. The maximum Gasteiger partial charge on any atom is 0.416 e. The van der Waals surface area contributed by atoms with Crippen molar-refractivity contribution < 1.29 is 18.0 Å². The van der Waals surface area contributed by atoms with Gasteiger partial charge in [0.1, 0.15) is 0 Å². The Morgan fingerprint density at radius 3 is 2.67 bits per heavy atom. The lowest BCUT2D eigenvalue weighted by atomic mass is 9.86. The molecule has 1 N–H and O–H groups in total. The number of nitrogens with one attached hydrogen (secondary N) is 1. The highest BCUT2D eigenvalue weighted by Crippen LogP contribution is 2.33. The van der Waals surface area contributed by atoms with E-state index in [1.807, 2.05) is 0 Å². The number of fused-ring (bicyclic) bond motifs is 1. The number of hydrogen-bond acceptors (Lipinski definition) is 2. The molecule has 4 nitrogen and oxygen atoms in total. The van der Waals surface area contributed by atoms with E-state index >= 15 is 0 Å². The van der Waals surface area contributed by atoms with E-state index in [0.29, 0.717) is 5.92 Å². The summed E-state index contributed by atoms with van der Waals surface area (Å²) >= 11 is 5.98. The number of amides is 1. The van der Waals surface area contributed by atoms with Gasteiger partial charge in [-0.1, -0.05) is 11.6 Å². The van der Waals surface area contributed by atoms with Crippen molar-refractivity contribution in [2.24, 2.45) is 5.92 Å². The van der Waals surface area contributed by atoms with Gasteiger partial charge in [0, 0.05) is 18.3 Å². The van der Waals surface area contributed by atoms with Gasteiger partial charge in [0.25, 0.3) is 5.91 Å². The normalized spacial score (nSPS) is 21.5. The van der Waals surface area contributed by atoms with Crippen LogP contribution < -0.4 is 5.32 Å². The molecular formula is C22H25ClF3N3O. The van der Waals surface area contributed by atoms with Gasteiger partial charge in [-0.3, -0.25) is 9.48 Å². The van der Waals surface area contributed by atoms with Gasteiger partial charge in [-0.05, 0) is 81.5 Å². The lowest BCUT2D eigenvalue weighted by Crippen LogP contribution is -2.38. The molecule has 8 heteroatoms. The summed E-state index contributed by atoms with van der Waals surface area (Å²) in [5, 5.41) is 7.61. The molecule has 2 aromatic rings. The second-order valence-corrected chi connectivity index (χ2v) is 8.84. The highest BCUT2D eigenvalue weighted by atomic mass is 35.5. The number of rotatable bonds is 4. The largest absolute Gasteiger partial charge is 0.416 e. The van der Waals surface area contributed by atoms with E-state index in [4.69, 9.17) is 16.7 Å². The first-order valence-corrected chi connectivity index (χ1v) is 10.8. The molecule has 0 atom stereocenters. The molecule has 0 aliphatic heterocycles. The molecule has 0 bridgehead atoms. The van der Waals surface area contributed by atoms with Crippen molar-refractivity contribution in [3.63, 3.8) is 0 Å². The third-order valence-corrected chi connectivity index (χ3v) is 6.69. The van der Waals surface area contributed by atoms with Crippen LogP contribution in [-0.2, 0) is 25.6 Å². The molecule has 1 fully saturated rings. The topological polar surface area (TPSA) is 46.9 Å². The van der Waals surface area contributed by atoms with Crippen molar-refractivity contribution in [2.45, 2.75) is 70.6 Å². The molecule has 162 valence electrons. The van der Waals surface area contributed by atoms with E-state index in [9.17, 15) is 18.0 Å². The van der Waals surface area contributed by atoms with Crippen LogP contribution >= 0.6 is 11.6 Å². The monoisotopic (exact) mass is 439 g/mol. The van der Waals surface area contributed by atoms with Gasteiger partial charge in [0.2, 0.25) is 0 Å². The van der Waals surface area contributed by atoms with Crippen LogP contribution in [0.25, 0.3) is 0 Å². The first kappa shape index (κ1) is 21.2. The van der Waals surface area contributed by atoms with E-state index in [-0.39, 0.29) is 16.6 Å². The van der Waals surface area contributed by atoms with Gasteiger partial charge >= 0.3 is 6.18 Å². The smallest absolute Gasteiger partial charge is 0.349 e. The Hall–Kier alpha value is -2.02. The zero-order chi connectivity index (χ0) is 21.5. The van der Waals surface area contributed by atoms with Crippen molar-refractivity contribution in [2.75, 3.05) is 0 Å². The summed E-state index contributed by atoms with van der Waals surface area (Å²) in [4.78, 5) is 12.5. The van der Waals surface area contributed by atoms with Crippen molar-refractivity contribution in [3.8, 4) is 0 Å². The summed E-state index contributed by atoms with van der Waals surface area (Å²) in [6.07, 6.45) is 2.42. The van der Waals surface area contributed by atoms with Crippen molar-refractivity contribution in [1.82, 2.24) is 15.1 Å². The molecule has 4 rings (SSSR count). The summed E-state index contributed by atoms with van der Waals surface area (Å²) in [7, 11) is 0. The zero-order valence-corrected chi connectivity index (χ0v) is 17.6. The molecule has 0 unspecified atom stereocenters. The van der Waals surface area contributed by atoms with Gasteiger partial charge in [0.15, 0.2) is 0 Å². The van der Waals surface area contributed by atoms with Crippen LogP contribution in [0.15, 0.2) is 18.2 Å². The summed E-state index contributed by atoms with van der Waals surface area (Å²) in [6, 6.07) is 2.78. The van der Waals surface area contributed by atoms with E-state index in [0.717, 1.165) is 69.0 Å². The molecule has 2 aliphatic rings. The Kier molecular flexibility index (Phi) is 5.84. The van der Waals surface area contributed by atoms with Crippen LogP contribution in [0.4, 0.5) is 13.2 Å². The molecule has 30 heavy (non-hydrogen) atoms. The minimum atomic E-state index is -4.51. The zero-order valence-electron chi connectivity index (χ0n) is 16.9. The van der Waals surface area contributed by atoms with Gasteiger partial charge in [0.05, 0.1) is 21.8 Å². The molecule has 1 amide bonds. The summed E-state index contributed by atoms with van der Waals surface area (Å²) < 4.78 is 41.0. The van der Waals surface area contributed by atoms with E-state index in [1.165, 1.54) is 17.7 Å². The lowest BCUT2D eigenvalue weighted by molar-refractivity contribution is -0.137. The van der Waals surface area contributed by atoms with Crippen molar-refractivity contribution in [3.05, 3.63) is 51.3 Å². The number of carbonyl (C=O) groups is 1. The molecule has 1 saturated carbocycles. The van der Waals surface area contributed by atoms with Gasteiger partial charge in [-0.2, -0.15) is 18.3 Å². The molecule has 0 spiro atoms. The summed E-state index contributed by atoms with van der Waals surface area (Å²) in [5.74, 6) is -0.0469. The van der Waals surface area contributed by atoms with Gasteiger partial charge in [-0.25, -0.2) is 0 Å². The molecule has 0 saturated heterocycles. The minimum Gasteiger partial charge on any atom is -0.349 e. The highest BCUT2D eigenvalue weighted by Gasteiger charge is 2.32. The maximum absolute atomic E-state index is 12.9. The lowest BCUT2D eigenvalue weighted by Gasteiger charge is -2.29. The number of nitrogens with zero attached hydrogens (tertiary/aromatic N) is 2. The molecule has 1 heterocycles. The van der Waals surface area contributed by atoms with Crippen LogP contribution in [0.1, 0.15) is 65.0 Å². The van der Waals surface area contributed by atoms with Gasteiger partial charge in [-0.15, -0.1) is 0 Å². The Balaban J connectivity index is 1.34. The highest BCUT2D eigenvalue weighted by molar-refractivity contribution is 6.33. The van der Waals surface area contributed by atoms with Crippen LogP contribution in [-0.4, -0.2) is 21.7 Å². The Labute approximate surface area is 178 Å². The third kappa shape index (κ3) is 4.36. The predicted octanol–water partition coefficient (Wildman–Crippen LogP) is 5.34. The fraction of sp³-hybridized carbons (Fsp3) is 0.545. The maximum atomic E-state index is 12.9. The Morgan fingerprint density at radius 2 is 1.97 bits per heavy atom. The Morgan fingerprint density at radius 1 is 1.23 bits per heavy atom. The fourth-order valence-electron chi connectivity index (χ4n) is 4.73. The average molecular weight is 440 g/mol. The van der Waals surface area contributed by atoms with Crippen LogP contribution in [0.5, 0.6) is 0 Å². The second kappa shape index (κ2) is 8.25. The number of hydrogen-bond donors (Lipinski definition) is 1. The molecule has 0 radical (unpaired) electrons. The first-order chi connectivity index (χ1) is 14.2. The standard InChI is InChI=1S/C22H25ClF3N3O/c1-13-17-3-2-4-20(17)29(28-13)12-14-5-8-16(9-6-14)27-21(30)18-11-15(22(24,25)26)7-10-19(18)23/h7,10-11,14,16H,2-6,8-9,12H2,1H3,(H,27,30)/t14-,16-. The fourth-order valence-corrected chi connectivity index (χ4v) is 4.93. The number of carbonyl (C=O) groups excluding carboxylic acids is 1. The van der Waals surface area contributed by atoms with Crippen LogP contribution in [0.2, 0.25) is 5.02 Å². The van der Waals surface area contributed by atoms with Crippen LogP contribution in [0.3, 0.4) is 0 Å². The third-order valence-electron chi connectivity index (χ3n) is 6.36. The predicted molar refractivity (Wildman–Crippen MR) is 109 cm³/mol. The first-order valence-electron chi connectivity index (χ1n) is 10.4. The van der Waals surface area contributed by atoms with Gasteiger partial charge < -0.3 is 5.32 Å². The number of halogens is 4. The molecule has 1 aromatic carbocycles. The van der Waals surface area contributed by atoms with Crippen molar-refractivity contribution >= 4 is 17.5 Å². The SMILES string of the molecule is Cc1nn(C[C@H]2CC[C@H](NC(=O)c3cc(C(F)(F)F)ccc3Cl)CC2)c2c1CCC2. The molecule has 1 aromatic heterocycles. The Bertz CT molecular complexity index is 946. The second-order valence-electron chi connectivity index (χ2n) is 8.43.